The highest BCUT2D eigenvalue weighted by Crippen LogP contribution is 2.17. The highest BCUT2D eigenvalue weighted by molar-refractivity contribution is 5.91. The number of ether oxygens (including phenoxy) is 1. The molecule has 0 saturated carbocycles. The van der Waals surface area contributed by atoms with Crippen molar-refractivity contribution in [3.05, 3.63) is 70.8 Å². The molecular formula is C17H13F4NO3. The van der Waals surface area contributed by atoms with Crippen molar-refractivity contribution in [3.8, 4) is 0 Å². The molecule has 2 aromatic rings. The monoisotopic (exact) mass is 355 g/mol. The number of nitrogens with one attached hydrogen (secondary N) is 1. The van der Waals surface area contributed by atoms with Crippen LogP contribution in [0.2, 0.25) is 0 Å². The zero-order chi connectivity index (χ0) is 18.6. The molecular weight excluding hydrogens is 342 g/mol. The fourth-order valence-electron chi connectivity index (χ4n) is 2.10. The van der Waals surface area contributed by atoms with Crippen LogP contribution in [0.4, 0.5) is 17.6 Å². The highest BCUT2D eigenvalue weighted by atomic mass is 19.1. The summed E-state index contributed by atoms with van der Waals surface area (Å²) in [5, 5.41) is 2.36. The number of carbonyl (C=O) groups excluding carboxylic acids is 2. The van der Waals surface area contributed by atoms with Crippen LogP contribution in [-0.2, 0) is 9.53 Å². The van der Waals surface area contributed by atoms with E-state index in [2.05, 4.69) is 10.1 Å². The quantitative estimate of drug-likeness (QED) is 0.662. The minimum Gasteiger partial charge on any atom is -0.452 e. The Labute approximate surface area is 140 Å². The van der Waals surface area contributed by atoms with Gasteiger partial charge in [0.2, 0.25) is 0 Å². The molecule has 132 valence electrons. The van der Waals surface area contributed by atoms with Crippen LogP contribution in [0.3, 0.4) is 0 Å². The smallest absolute Gasteiger partial charge is 0.338 e. The Morgan fingerprint density at radius 1 is 1.00 bits per heavy atom. The molecule has 1 N–H and O–H groups in total. The number of hydrogen-bond acceptors (Lipinski definition) is 3. The van der Waals surface area contributed by atoms with Crippen LogP contribution in [0.25, 0.3) is 0 Å². The largest absolute Gasteiger partial charge is 0.452 e. The van der Waals surface area contributed by atoms with Crippen molar-refractivity contribution in [3.63, 3.8) is 0 Å². The van der Waals surface area contributed by atoms with Crippen molar-refractivity contribution in [2.75, 3.05) is 6.61 Å². The third-order valence-electron chi connectivity index (χ3n) is 3.24. The van der Waals surface area contributed by atoms with E-state index in [1.807, 2.05) is 0 Å². The normalized spacial score (nSPS) is 11.7. The summed E-state index contributed by atoms with van der Waals surface area (Å²) in [5.41, 5.74) is -0.337. The average molecular weight is 355 g/mol. The van der Waals surface area contributed by atoms with Crippen LogP contribution in [0, 0.1) is 23.3 Å². The Hall–Kier alpha value is -2.90. The van der Waals surface area contributed by atoms with E-state index in [-0.39, 0.29) is 11.1 Å². The lowest BCUT2D eigenvalue weighted by molar-refractivity contribution is -0.124. The Morgan fingerprint density at radius 3 is 2.24 bits per heavy atom. The van der Waals surface area contributed by atoms with Crippen LogP contribution in [0.1, 0.15) is 28.9 Å². The summed E-state index contributed by atoms with van der Waals surface area (Å²) in [6.45, 7) is 0.724. The first-order valence-corrected chi connectivity index (χ1v) is 7.14. The lowest BCUT2D eigenvalue weighted by atomic mass is 10.1. The van der Waals surface area contributed by atoms with Gasteiger partial charge in [0.15, 0.2) is 6.61 Å². The summed E-state index contributed by atoms with van der Waals surface area (Å²) >= 11 is 0. The maximum absolute atomic E-state index is 13.6. The molecule has 0 spiro atoms. The zero-order valence-corrected chi connectivity index (χ0v) is 13.0. The van der Waals surface area contributed by atoms with E-state index in [9.17, 15) is 27.2 Å². The molecule has 0 heterocycles. The van der Waals surface area contributed by atoms with Crippen LogP contribution in [0.5, 0.6) is 0 Å². The third-order valence-corrected chi connectivity index (χ3v) is 3.24. The number of amides is 1. The fourth-order valence-corrected chi connectivity index (χ4v) is 2.10. The lowest BCUT2D eigenvalue weighted by Crippen LogP contribution is -2.31. The lowest BCUT2D eigenvalue weighted by Gasteiger charge is -2.15. The van der Waals surface area contributed by atoms with Gasteiger partial charge in [0, 0.05) is 17.7 Å². The van der Waals surface area contributed by atoms with E-state index in [0.717, 1.165) is 18.2 Å². The molecule has 1 amide bonds. The number of benzene rings is 2. The van der Waals surface area contributed by atoms with Crippen LogP contribution in [-0.4, -0.2) is 18.5 Å². The van der Waals surface area contributed by atoms with E-state index < -0.39 is 47.8 Å². The van der Waals surface area contributed by atoms with Gasteiger partial charge in [0.05, 0.1) is 11.6 Å². The highest BCUT2D eigenvalue weighted by Gasteiger charge is 2.17. The first-order chi connectivity index (χ1) is 11.8. The molecule has 2 aromatic carbocycles. The van der Waals surface area contributed by atoms with Gasteiger partial charge in [0.25, 0.3) is 5.91 Å². The van der Waals surface area contributed by atoms with Crippen molar-refractivity contribution in [2.24, 2.45) is 0 Å². The number of hydrogen-bond donors (Lipinski definition) is 1. The first-order valence-electron chi connectivity index (χ1n) is 7.14. The second-order valence-corrected chi connectivity index (χ2v) is 5.19. The minimum atomic E-state index is -1.09. The summed E-state index contributed by atoms with van der Waals surface area (Å²) in [6.07, 6.45) is 0. The summed E-state index contributed by atoms with van der Waals surface area (Å²) in [5.74, 6) is -5.36. The molecule has 25 heavy (non-hydrogen) atoms. The number of carbonyl (C=O) groups is 2. The molecule has 8 heteroatoms. The minimum absolute atomic E-state index is 0.0493. The maximum atomic E-state index is 13.6. The Kier molecular flexibility index (Phi) is 5.74. The van der Waals surface area contributed by atoms with Crippen molar-refractivity contribution >= 4 is 11.9 Å². The second-order valence-electron chi connectivity index (χ2n) is 5.19. The van der Waals surface area contributed by atoms with Crippen LogP contribution in [0.15, 0.2) is 36.4 Å². The maximum Gasteiger partial charge on any atom is 0.338 e. The predicted molar refractivity (Wildman–Crippen MR) is 79.6 cm³/mol. The molecule has 0 aliphatic rings. The van der Waals surface area contributed by atoms with Gasteiger partial charge in [-0.2, -0.15) is 0 Å². The average Bonchev–Trinajstić information content (AvgIpc) is 2.51. The fraction of sp³-hybridized carbons (Fsp3) is 0.176. The summed E-state index contributed by atoms with van der Waals surface area (Å²) < 4.78 is 57.2. The molecule has 0 aromatic heterocycles. The summed E-state index contributed by atoms with van der Waals surface area (Å²) in [4.78, 5) is 23.4. The van der Waals surface area contributed by atoms with Gasteiger partial charge in [-0.25, -0.2) is 22.4 Å². The Balaban J connectivity index is 1.92. The molecule has 0 unspecified atom stereocenters. The standard InChI is InChI=1S/C17H13F4NO3/c1-9(14-3-2-11(18)7-15(14)21)22-16(23)8-25-17(24)10-4-12(19)6-13(20)5-10/h2-7,9H,8H2,1H3,(H,22,23)/t9-/m0/s1. The molecule has 1 atom stereocenters. The summed E-state index contributed by atoms with van der Waals surface area (Å²) in [6, 6.07) is 4.20. The van der Waals surface area contributed by atoms with Gasteiger partial charge in [-0.05, 0) is 25.1 Å². The number of esters is 1. The van der Waals surface area contributed by atoms with E-state index in [1.54, 1.807) is 0 Å². The second kappa shape index (κ2) is 7.78. The molecule has 0 saturated heterocycles. The van der Waals surface area contributed by atoms with E-state index >= 15 is 0 Å². The van der Waals surface area contributed by atoms with E-state index in [1.165, 1.54) is 13.0 Å². The van der Waals surface area contributed by atoms with Gasteiger partial charge < -0.3 is 10.1 Å². The molecule has 0 bridgehead atoms. The van der Waals surface area contributed by atoms with Gasteiger partial charge in [0.1, 0.15) is 23.3 Å². The topological polar surface area (TPSA) is 55.4 Å². The van der Waals surface area contributed by atoms with E-state index in [0.29, 0.717) is 12.1 Å². The Morgan fingerprint density at radius 2 is 1.64 bits per heavy atom. The van der Waals surface area contributed by atoms with Gasteiger partial charge in [-0.15, -0.1) is 0 Å². The number of rotatable bonds is 5. The third kappa shape index (κ3) is 5.03. The molecule has 4 nitrogen and oxygen atoms in total. The van der Waals surface area contributed by atoms with Crippen LogP contribution >= 0.6 is 0 Å². The SMILES string of the molecule is C[C@H](NC(=O)COC(=O)c1cc(F)cc(F)c1)c1ccc(F)cc1F. The molecule has 0 aliphatic heterocycles. The van der Waals surface area contributed by atoms with Gasteiger partial charge in [-0.3, -0.25) is 4.79 Å². The Bertz CT molecular complexity index is 790. The number of halogens is 4. The first kappa shape index (κ1) is 18.4. The summed E-state index contributed by atoms with van der Waals surface area (Å²) in [7, 11) is 0. The molecule has 0 radical (unpaired) electrons. The van der Waals surface area contributed by atoms with Crippen molar-refractivity contribution in [1.82, 2.24) is 5.32 Å². The zero-order valence-electron chi connectivity index (χ0n) is 13.0. The van der Waals surface area contributed by atoms with Gasteiger partial charge in [-0.1, -0.05) is 6.07 Å². The molecule has 0 aliphatic carbocycles. The van der Waals surface area contributed by atoms with Crippen molar-refractivity contribution in [1.29, 1.82) is 0 Å². The van der Waals surface area contributed by atoms with Gasteiger partial charge >= 0.3 is 5.97 Å². The van der Waals surface area contributed by atoms with Crippen molar-refractivity contribution in [2.45, 2.75) is 13.0 Å². The van der Waals surface area contributed by atoms with E-state index in [4.69, 9.17) is 0 Å². The molecule has 2 rings (SSSR count). The van der Waals surface area contributed by atoms with Crippen LogP contribution < -0.4 is 5.32 Å². The van der Waals surface area contributed by atoms with Crippen molar-refractivity contribution < 1.29 is 31.9 Å². The predicted octanol–water partition coefficient (Wildman–Crippen LogP) is 3.28. The molecule has 0 fully saturated rings.